The molecule has 20 heavy (non-hydrogen) atoms. The molecule has 1 saturated heterocycles. The van der Waals surface area contributed by atoms with Crippen molar-refractivity contribution in [3.8, 4) is 5.75 Å². The fourth-order valence-electron chi connectivity index (χ4n) is 2.36. The van der Waals surface area contributed by atoms with E-state index in [2.05, 4.69) is 10.6 Å². The highest BCUT2D eigenvalue weighted by atomic mass is 16.5. The number of carbonyl (C=O) groups is 1. The summed E-state index contributed by atoms with van der Waals surface area (Å²) in [6, 6.07) is 7.96. The molecule has 2 atom stereocenters. The van der Waals surface area contributed by atoms with Crippen LogP contribution in [-0.4, -0.2) is 31.6 Å². The minimum atomic E-state index is -0.0294. The van der Waals surface area contributed by atoms with Crippen LogP contribution in [0.1, 0.15) is 25.3 Å². The summed E-state index contributed by atoms with van der Waals surface area (Å²) in [6.45, 7) is 6.38. The molecule has 0 bridgehead atoms. The van der Waals surface area contributed by atoms with Crippen molar-refractivity contribution >= 4 is 5.91 Å². The van der Waals surface area contributed by atoms with Crippen molar-refractivity contribution in [2.24, 2.45) is 5.92 Å². The molecule has 1 aliphatic rings. The number of hydrogen-bond acceptors (Lipinski definition) is 3. The number of ether oxygens (including phenoxy) is 1. The molecule has 1 aromatic rings. The Morgan fingerprint density at radius 3 is 2.85 bits per heavy atom. The van der Waals surface area contributed by atoms with Crippen molar-refractivity contribution in [3.63, 3.8) is 0 Å². The second-order valence-electron chi connectivity index (χ2n) is 5.53. The molecule has 2 N–H and O–H groups in total. The second kappa shape index (κ2) is 7.29. The SMILES string of the molecule is Cc1ccc(OC(C)CNC(=O)C2CCCNC2)cc1. The molecule has 2 rings (SSSR count). The molecule has 1 aliphatic heterocycles. The average molecular weight is 276 g/mol. The Bertz CT molecular complexity index is 425. The van der Waals surface area contributed by atoms with Crippen LogP contribution in [0.3, 0.4) is 0 Å². The van der Waals surface area contributed by atoms with Crippen LogP contribution in [0.5, 0.6) is 5.75 Å². The van der Waals surface area contributed by atoms with E-state index in [4.69, 9.17) is 4.74 Å². The maximum atomic E-state index is 12.0. The number of piperidine rings is 1. The standard InChI is InChI=1S/C16H24N2O2/c1-12-5-7-15(8-6-12)20-13(2)10-18-16(19)14-4-3-9-17-11-14/h5-8,13-14,17H,3-4,9-11H2,1-2H3,(H,18,19). The van der Waals surface area contributed by atoms with E-state index >= 15 is 0 Å². The van der Waals surface area contributed by atoms with Crippen molar-refractivity contribution < 1.29 is 9.53 Å². The van der Waals surface area contributed by atoms with Gasteiger partial charge in [0.25, 0.3) is 0 Å². The van der Waals surface area contributed by atoms with Crippen LogP contribution in [0, 0.1) is 12.8 Å². The van der Waals surface area contributed by atoms with Crippen molar-refractivity contribution in [1.82, 2.24) is 10.6 Å². The number of aryl methyl sites for hydroxylation is 1. The van der Waals surface area contributed by atoms with Crippen molar-refractivity contribution in [2.45, 2.75) is 32.8 Å². The number of benzene rings is 1. The molecular weight excluding hydrogens is 252 g/mol. The second-order valence-corrected chi connectivity index (χ2v) is 5.53. The quantitative estimate of drug-likeness (QED) is 0.863. The largest absolute Gasteiger partial charge is 0.489 e. The molecular formula is C16H24N2O2. The third-order valence-corrected chi connectivity index (χ3v) is 3.59. The topological polar surface area (TPSA) is 50.4 Å². The Hall–Kier alpha value is -1.55. The molecule has 0 aromatic heterocycles. The van der Waals surface area contributed by atoms with E-state index < -0.39 is 0 Å². The van der Waals surface area contributed by atoms with Crippen LogP contribution < -0.4 is 15.4 Å². The third kappa shape index (κ3) is 4.53. The molecule has 0 aliphatic carbocycles. The molecule has 1 amide bonds. The van der Waals surface area contributed by atoms with Gasteiger partial charge in [0.05, 0.1) is 12.5 Å². The van der Waals surface area contributed by atoms with Crippen molar-refractivity contribution in [2.75, 3.05) is 19.6 Å². The van der Waals surface area contributed by atoms with E-state index in [0.29, 0.717) is 6.54 Å². The van der Waals surface area contributed by atoms with Crippen LogP contribution in [-0.2, 0) is 4.79 Å². The number of amides is 1. The number of nitrogens with one attached hydrogen (secondary N) is 2. The number of carbonyl (C=O) groups excluding carboxylic acids is 1. The van der Waals surface area contributed by atoms with Gasteiger partial charge < -0.3 is 15.4 Å². The molecule has 110 valence electrons. The Balaban J connectivity index is 1.72. The summed E-state index contributed by atoms with van der Waals surface area (Å²) in [7, 11) is 0. The molecule has 1 aromatic carbocycles. The van der Waals surface area contributed by atoms with Gasteiger partial charge in [-0.15, -0.1) is 0 Å². The highest BCUT2D eigenvalue weighted by molar-refractivity contribution is 5.78. The van der Waals surface area contributed by atoms with Gasteiger partial charge in [0.15, 0.2) is 0 Å². The van der Waals surface area contributed by atoms with Crippen LogP contribution in [0.4, 0.5) is 0 Å². The summed E-state index contributed by atoms with van der Waals surface area (Å²) in [4.78, 5) is 12.0. The van der Waals surface area contributed by atoms with Gasteiger partial charge in [0.1, 0.15) is 11.9 Å². The number of rotatable bonds is 5. The van der Waals surface area contributed by atoms with Crippen LogP contribution in [0.2, 0.25) is 0 Å². The zero-order valence-electron chi connectivity index (χ0n) is 12.3. The predicted octanol–water partition coefficient (Wildman–Crippen LogP) is 1.88. The van der Waals surface area contributed by atoms with Gasteiger partial charge in [0.2, 0.25) is 5.91 Å². The molecule has 0 saturated carbocycles. The lowest BCUT2D eigenvalue weighted by atomic mass is 9.99. The summed E-state index contributed by atoms with van der Waals surface area (Å²) in [5.41, 5.74) is 1.21. The Morgan fingerprint density at radius 2 is 2.20 bits per heavy atom. The van der Waals surface area contributed by atoms with Gasteiger partial charge in [0, 0.05) is 6.54 Å². The summed E-state index contributed by atoms with van der Waals surface area (Å²) >= 11 is 0. The molecule has 4 heteroatoms. The van der Waals surface area contributed by atoms with Gasteiger partial charge >= 0.3 is 0 Å². The smallest absolute Gasteiger partial charge is 0.224 e. The van der Waals surface area contributed by atoms with Crippen LogP contribution >= 0.6 is 0 Å². The first-order chi connectivity index (χ1) is 9.65. The lowest BCUT2D eigenvalue weighted by Gasteiger charge is -2.23. The van der Waals surface area contributed by atoms with E-state index in [9.17, 15) is 4.79 Å². The zero-order valence-corrected chi connectivity index (χ0v) is 12.3. The summed E-state index contributed by atoms with van der Waals surface area (Å²) < 4.78 is 5.78. The first-order valence-corrected chi connectivity index (χ1v) is 7.37. The lowest BCUT2D eigenvalue weighted by Crippen LogP contribution is -2.43. The third-order valence-electron chi connectivity index (χ3n) is 3.59. The lowest BCUT2D eigenvalue weighted by molar-refractivity contribution is -0.125. The molecule has 4 nitrogen and oxygen atoms in total. The molecule has 1 fully saturated rings. The summed E-state index contributed by atoms with van der Waals surface area (Å²) in [5.74, 6) is 1.09. The van der Waals surface area contributed by atoms with Crippen LogP contribution in [0.25, 0.3) is 0 Å². The number of hydrogen-bond donors (Lipinski definition) is 2. The minimum Gasteiger partial charge on any atom is -0.489 e. The zero-order chi connectivity index (χ0) is 14.4. The molecule has 0 radical (unpaired) electrons. The van der Waals surface area contributed by atoms with E-state index in [1.807, 2.05) is 38.1 Å². The average Bonchev–Trinajstić information content (AvgIpc) is 2.48. The Labute approximate surface area is 120 Å². The van der Waals surface area contributed by atoms with E-state index in [1.165, 1.54) is 5.56 Å². The highest BCUT2D eigenvalue weighted by Crippen LogP contribution is 2.13. The van der Waals surface area contributed by atoms with Crippen molar-refractivity contribution in [3.05, 3.63) is 29.8 Å². The summed E-state index contributed by atoms with van der Waals surface area (Å²) in [6.07, 6.45) is 2.03. The van der Waals surface area contributed by atoms with E-state index in [1.54, 1.807) is 0 Å². The minimum absolute atomic E-state index is 0.0294. The fourth-order valence-corrected chi connectivity index (χ4v) is 2.36. The normalized spacial score (nSPS) is 20.2. The highest BCUT2D eigenvalue weighted by Gasteiger charge is 2.20. The molecule has 1 heterocycles. The van der Waals surface area contributed by atoms with Crippen LogP contribution in [0.15, 0.2) is 24.3 Å². The van der Waals surface area contributed by atoms with Gasteiger partial charge in [-0.2, -0.15) is 0 Å². The Morgan fingerprint density at radius 1 is 1.45 bits per heavy atom. The Kier molecular flexibility index (Phi) is 5.41. The maximum Gasteiger partial charge on any atom is 0.224 e. The first-order valence-electron chi connectivity index (χ1n) is 7.37. The van der Waals surface area contributed by atoms with Gasteiger partial charge in [-0.25, -0.2) is 0 Å². The van der Waals surface area contributed by atoms with Gasteiger partial charge in [-0.1, -0.05) is 17.7 Å². The van der Waals surface area contributed by atoms with E-state index in [-0.39, 0.29) is 17.9 Å². The first kappa shape index (κ1) is 14.9. The summed E-state index contributed by atoms with van der Waals surface area (Å²) in [5, 5.41) is 6.24. The monoisotopic (exact) mass is 276 g/mol. The van der Waals surface area contributed by atoms with Gasteiger partial charge in [-0.05, 0) is 45.4 Å². The molecule has 2 unspecified atom stereocenters. The molecule has 0 spiro atoms. The van der Waals surface area contributed by atoms with Gasteiger partial charge in [-0.3, -0.25) is 4.79 Å². The maximum absolute atomic E-state index is 12.0. The fraction of sp³-hybridized carbons (Fsp3) is 0.562. The van der Waals surface area contributed by atoms with Crippen molar-refractivity contribution in [1.29, 1.82) is 0 Å². The van der Waals surface area contributed by atoms with E-state index in [0.717, 1.165) is 31.7 Å². The predicted molar refractivity (Wildman–Crippen MR) is 79.9 cm³/mol.